The van der Waals surface area contributed by atoms with Crippen LogP contribution in [0.3, 0.4) is 0 Å². The number of amides is 1. The summed E-state index contributed by atoms with van der Waals surface area (Å²) in [7, 11) is 0. The lowest BCUT2D eigenvalue weighted by Crippen LogP contribution is -2.31. The van der Waals surface area contributed by atoms with Crippen molar-refractivity contribution in [3.63, 3.8) is 0 Å². The van der Waals surface area contributed by atoms with Gasteiger partial charge in [-0.15, -0.1) is 0 Å². The van der Waals surface area contributed by atoms with Crippen molar-refractivity contribution in [2.75, 3.05) is 13.2 Å². The van der Waals surface area contributed by atoms with E-state index < -0.39 is 0 Å². The number of nitrogens with one attached hydrogen (secondary N) is 1. The lowest BCUT2D eigenvalue weighted by Gasteiger charge is -2.26. The van der Waals surface area contributed by atoms with Gasteiger partial charge in [0.1, 0.15) is 6.10 Å². The number of aryl methyl sites for hydroxylation is 1. The van der Waals surface area contributed by atoms with E-state index in [9.17, 15) is 4.79 Å². The number of benzene rings is 1. The van der Waals surface area contributed by atoms with Gasteiger partial charge in [-0.05, 0) is 36.5 Å². The molecule has 0 saturated carbocycles. The molecule has 2 heterocycles. The van der Waals surface area contributed by atoms with Crippen LogP contribution in [0.5, 0.6) is 5.88 Å². The van der Waals surface area contributed by atoms with Gasteiger partial charge in [-0.25, -0.2) is 4.98 Å². The standard InChI is InChI=1S/C21H24N2O3/c24-21(23-19-7-3-5-15-4-1-2-6-18(15)19)16-8-11-22-20(14-16)26-17-9-12-25-13-10-17/h1-2,4,6,8,11,14,17,19H,3,5,7,9-10,12-13H2,(H,23,24). The van der Waals surface area contributed by atoms with Gasteiger partial charge in [0.25, 0.3) is 5.91 Å². The van der Waals surface area contributed by atoms with E-state index in [1.165, 1.54) is 11.1 Å². The second-order valence-electron chi connectivity index (χ2n) is 6.93. The van der Waals surface area contributed by atoms with E-state index in [1.807, 2.05) is 6.07 Å². The number of carbonyl (C=O) groups excluding carboxylic acids is 1. The molecule has 5 nitrogen and oxygen atoms in total. The van der Waals surface area contributed by atoms with Crippen LogP contribution in [-0.2, 0) is 11.2 Å². The zero-order valence-corrected chi connectivity index (χ0v) is 14.8. The zero-order chi connectivity index (χ0) is 17.8. The van der Waals surface area contributed by atoms with Crippen LogP contribution in [0.4, 0.5) is 0 Å². The molecule has 1 aromatic heterocycles. The molecule has 1 N–H and O–H groups in total. The number of hydrogen-bond donors (Lipinski definition) is 1. The SMILES string of the molecule is O=C(NC1CCCc2ccccc21)c1ccnc(OC2CCOCC2)c1. The maximum atomic E-state index is 12.8. The highest BCUT2D eigenvalue weighted by Gasteiger charge is 2.22. The highest BCUT2D eigenvalue weighted by Crippen LogP contribution is 2.29. The average Bonchev–Trinajstić information content (AvgIpc) is 2.69. The Labute approximate surface area is 153 Å². The van der Waals surface area contributed by atoms with E-state index >= 15 is 0 Å². The van der Waals surface area contributed by atoms with Crippen molar-refractivity contribution in [3.05, 3.63) is 59.3 Å². The van der Waals surface area contributed by atoms with Gasteiger partial charge in [-0.1, -0.05) is 24.3 Å². The third-order valence-corrected chi connectivity index (χ3v) is 5.13. The van der Waals surface area contributed by atoms with Gasteiger partial charge in [-0.3, -0.25) is 4.79 Å². The summed E-state index contributed by atoms with van der Waals surface area (Å²) in [5, 5.41) is 3.18. The van der Waals surface area contributed by atoms with E-state index in [0.29, 0.717) is 24.7 Å². The predicted octanol–water partition coefficient (Wildman–Crippen LogP) is 3.45. The second-order valence-corrected chi connectivity index (χ2v) is 6.93. The molecule has 1 unspecified atom stereocenters. The summed E-state index contributed by atoms with van der Waals surface area (Å²) in [4.78, 5) is 17.0. The van der Waals surface area contributed by atoms with E-state index in [-0.39, 0.29) is 18.1 Å². The van der Waals surface area contributed by atoms with E-state index in [4.69, 9.17) is 9.47 Å². The average molecular weight is 352 g/mol. The van der Waals surface area contributed by atoms with Crippen LogP contribution in [0.15, 0.2) is 42.6 Å². The first kappa shape index (κ1) is 17.0. The van der Waals surface area contributed by atoms with Crippen molar-refractivity contribution in [2.24, 2.45) is 0 Å². The van der Waals surface area contributed by atoms with Crippen LogP contribution in [0.1, 0.15) is 53.2 Å². The normalized spacial score (nSPS) is 20.2. The number of nitrogens with zero attached hydrogens (tertiary/aromatic N) is 1. The van der Waals surface area contributed by atoms with Crippen molar-refractivity contribution >= 4 is 5.91 Å². The Bertz CT molecular complexity index is 771. The summed E-state index contributed by atoms with van der Waals surface area (Å²) >= 11 is 0. The third kappa shape index (κ3) is 3.88. The lowest BCUT2D eigenvalue weighted by atomic mass is 9.87. The van der Waals surface area contributed by atoms with Crippen LogP contribution in [-0.4, -0.2) is 30.2 Å². The van der Waals surface area contributed by atoms with Gasteiger partial charge in [-0.2, -0.15) is 0 Å². The molecule has 2 aliphatic rings. The van der Waals surface area contributed by atoms with Crippen molar-refractivity contribution in [1.82, 2.24) is 10.3 Å². The molecule has 1 atom stereocenters. The van der Waals surface area contributed by atoms with E-state index in [2.05, 4.69) is 28.5 Å². The maximum absolute atomic E-state index is 12.8. The Balaban J connectivity index is 1.44. The maximum Gasteiger partial charge on any atom is 0.252 e. The summed E-state index contributed by atoms with van der Waals surface area (Å²) in [5.41, 5.74) is 3.16. The Kier molecular flexibility index (Phi) is 5.16. The molecular weight excluding hydrogens is 328 g/mol. The van der Waals surface area contributed by atoms with Gasteiger partial charge in [0, 0.05) is 30.7 Å². The third-order valence-electron chi connectivity index (χ3n) is 5.13. The van der Waals surface area contributed by atoms with Gasteiger partial charge in [0.15, 0.2) is 0 Å². The molecule has 1 amide bonds. The highest BCUT2D eigenvalue weighted by atomic mass is 16.5. The minimum Gasteiger partial charge on any atom is -0.474 e. The van der Waals surface area contributed by atoms with E-state index in [1.54, 1.807) is 18.3 Å². The first-order valence-electron chi connectivity index (χ1n) is 9.39. The second kappa shape index (κ2) is 7.87. The molecule has 4 rings (SSSR count). The molecular formula is C21H24N2O3. The summed E-state index contributed by atoms with van der Waals surface area (Å²) in [6, 6.07) is 11.9. The Morgan fingerprint density at radius 2 is 2.00 bits per heavy atom. The monoisotopic (exact) mass is 352 g/mol. The van der Waals surface area contributed by atoms with Crippen molar-refractivity contribution in [3.8, 4) is 5.88 Å². The first-order valence-corrected chi connectivity index (χ1v) is 9.39. The van der Waals surface area contributed by atoms with Crippen molar-refractivity contribution < 1.29 is 14.3 Å². The predicted molar refractivity (Wildman–Crippen MR) is 98.3 cm³/mol. The van der Waals surface area contributed by atoms with Crippen LogP contribution in [0, 0.1) is 0 Å². The minimum atomic E-state index is -0.0778. The zero-order valence-electron chi connectivity index (χ0n) is 14.8. The van der Waals surface area contributed by atoms with Crippen molar-refractivity contribution in [1.29, 1.82) is 0 Å². The summed E-state index contributed by atoms with van der Waals surface area (Å²) in [6.07, 6.45) is 6.61. The fourth-order valence-corrected chi connectivity index (χ4v) is 3.73. The fourth-order valence-electron chi connectivity index (χ4n) is 3.73. The molecule has 0 spiro atoms. The number of aromatic nitrogens is 1. The molecule has 1 saturated heterocycles. The summed E-state index contributed by atoms with van der Waals surface area (Å²) in [5.74, 6) is 0.430. The summed E-state index contributed by atoms with van der Waals surface area (Å²) in [6.45, 7) is 1.43. The van der Waals surface area contributed by atoms with Crippen LogP contribution in [0.2, 0.25) is 0 Å². The number of carbonyl (C=O) groups is 1. The largest absolute Gasteiger partial charge is 0.474 e. The van der Waals surface area contributed by atoms with Crippen molar-refractivity contribution in [2.45, 2.75) is 44.2 Å². The number of ether oxygens (including phenoxy) is 2. The number of pyridine rings is 1. The molecule has 136 valence electrons. The molecule has 1 aliphatic carbocycles. The topological polar surface area (TPSA) is 60.5 Å². The van der Waals surface area contributed by atoms with Gasteiger partial charge < -0.3 is 14.8 Å². The molecule has 0 bridgehead atoms. The fraction of sp³-hybridized carbons (Fsp3) is 0.429. The highest BCUT2D eigenvalue weighted by molar-refractivity contribution is 5.94. The number of hydrogen-bond acceptors (Lipinski definition) is 4. The Hall–Kier alpha value is -2.40. The van der Waals surface area contributed by atoms with Crippen LogP contribution >= 0.6 is 0 Å². The van der Waals surface area contributed by atoms with Gasteiger partial charge in [0.2, 0.25) is 5.88 Å². The number of fused-ring (bicyclic) bond motifs is 1. The first-order chi connectivity index (χ1) is 12.8. The molecule has 1 aliphatic heterocycles. The van der Waals surface area contributed by atoms with E-state index in [0.717, 1.165) is 32.1 Å². The van der Waals surface area contributed by atoms with Crippen LogP contribution in [0.25, 0.3) is 0 Å². The molecule has 2 aromatic rings. The molecule has 1 aromatic carbocycles. The molecule has 5 heteroatoms. The quantitative estimate of drug-likeness (QED) is 0.916. The Morgan fingerprint density at radius 1 is 1.15 bits per heavy atom. The molecule has 1 fully saturated rings. The van der Waals surface area contributed by atoms with Gasteiger partial charge >= 0.3 is 0 Å². The lowest BCUT2D eigenvalue weighted by molar-refractivity contribution is 0.0237. The molecule has 26 heavy (non-hydrogen) atoms. The minimum absolute atomic E-state index is 0.0699. The van der Waals surface area contributed by atoms with Crippen LogP contribution < -0.4 is 10.1 Å². The Morgan fingerprint density at radius 3 is 2.88 bits per heavy atom. The number of rotatable bonds is 4. The molecule has 0 radical (unpaired) electrons. The summed E-state index contributed by atoms with van der Waals surface area (Å²) < 4.78 is 11.3. The smallest absolute Gasteiger partial charge is 0.252 e. The van der Waals surface area contributed by atoms with Gasteiger partial charge in [0.05, 0.1) is 19.3 Å².